The van der Waals surface area contributed by atoms with E-state index in [0.29, 0.717) is 5.39 Å². The molecule has 0 saturated carbocycles. The van der Waals surface area contributed by atoms with Crippen LogP contribution in [-0.4, -0.2) is 13.0 Å². The first-order valence-corrected chi connectivity index (χ1v) is 7.85. The third kappa shape index (κ3) is 2.20. The smallest absolute Gasteiger partial charge is 0.282 e. The van der Waals surface area contributed by atoms with Gasteiger partial charge in [-0.2, -0.15) is 8.42 Å². The van der Waals surface area contributed by atoms with E-state index in [1.165, 1.54) is 6.07 Å². The quantitative estimate of drug-likeness (QED) is 0.526. The molecule has 1 N–H and O–H groups in total. The summed E-state index contributed by atoms with van der Waals surface area (Å²) in [6.07, 6.45) is 0. The topological polar surface area (TPSA) is 54.4 Å². The van der Waals surface area contributed by atoms with Crippen LogP contribution in [0.3, 0.4) is 0 Å². The molecule has 0 saturated heterocycles. The first kappa shape index (κ1) is 12.5. The zero-order valence-corrected chi connectivity index (χ0v) is 12.9. The summed E-state index contributed by atoms with van der Waals surface area (Å²) in [6, 6.07) is 8.61. The van der Waals surface area contributed by atoms with Gasteiger partial charge in [0.25, 0.3) is 10.1 Å². The van der Waals surface area contributed by atoms with Crippen LogP contribution < -0.4 is 0 Å². The van der Waals surface area contributed by atoms with Crippen molar-refractivity contribution in [3.8, 4) is 0 Å². The SMILES string of the molecule is O=S(=O)(O)c1cc(I)c(I)c2ccccc12. The molecule has 0 bridgehead atoms. The van der Waals surface area contributed by atoms with Crippen molar-refractivity contribution in [1.82, 2.24) is 0 Å². The summed E-state index contributed by atoms with van der Waals surface area (Å²) in [5, 5.41) is 1.39. The Morgan fingerprint density at radius 2 is 1.62 bits per heavy atom. The largest absolute Gasteiger partial charge is 0.295 e. The molecule has 0 unspecified atom stereocenters. The Morgan fingerprint density at radius 3 is 2.19 bits per heavy atom. The van der Waals surface area contributed by atoms with Crippen molar-refractivity contribution in [2.45, 2.75) is 4.90 Å². The van der Waals surface area contributed by atoms with Gasteiger partial charge in [-0.25, -0.2) is 0 Å². The Morgan fingerprint density at radius 1 is 1.06 bits per heavy atom. The van der Waals surface area contributed by atoms with Gasteiger partial charge in [0.1, 0.15) is 4.90 Å². The van der Waals surface area contributed by atoms with E-state index in [-0.39, 0.29) is 4.90 Å². The molecule has 0 heterocycles. The van der Waals surface area contributed by atoms with Gasteiger partial charge in [0.15, 0.2) is 0 Å². The van der Waals surface area contributed by atoms with Crippen molar-refractivity contribution in [1.29, 1.82) is 0 Å². The van der Waals surface area contributed by atoms with E-state index in [9.17, 15) is 8.42 Å². The Hall–Kier alpha value is 0.0700. The van der Waals surface area contributed by atoms with Gasteiger partial charge >= 0.3 is 0 Å². The molecule has 0 aliphatic rings. The molecule has 0 aliphatic heterocycles. The molecule has 0 aliphatic carbocycles. The third-order valence-corrected chi connectivity index (χ3v) is 6.11. The van der Waals surface area contributed by atoms with Crippen molar-refractivity contribution in [2.75, 3.05) is 0 Å². The summed E-state index contributed by atoms with van der Waals surface area (Å²) >= 11 is 4.22. The summed E-state index contributed by atoms with van der Waals surface area (Å²) in [5.74, 6) is 0. The minimum absolute atomic E-state index is 0.0343. The highest BCUT2D eigenvalue weighted by atomic mass is 127. The molecule has 0 radical (unpaired) electrons. The maximum absolute atomic E-state index is 11.3. The molecule has 2 aromatic rings. The van der Waals surface area contributed by atoms with E-state index >= 15 is 0 Å². The Kier molecular flexibility index (Phi) is 3.44. The molecule has 0 fully saturated rings. The Bertz CT molecular complexity index is 665. The maximum atomic E-state index is 11.3. The summed E-state index contributed by atoms with van der Waals surface area (Å²) in [7, 11) is -4.18. The predicted octanol–water partition coefficient (Wildman–Crippen LogP) is 3.30. The number of benzene rings is 2. The van der Waals surface area contributed by atoms with Crippen LogP contribution in [0.4, 0.5) is 0 Å². The van der Waals surface area contributed by atoms with E-state index in [4.69, 9.17) is 4.55 Å². The van der Waals surface area contributed by atoms with Crippen LogP contribution in [0.1, 0.15) is 0 Å². The molecule has 6 heteroatoms. The average molecular weight is 460 g/mol. The van der Waals surface area contributed by atoms with Gasteiger partial charge in [-0.1, -0.05) is 24.3 Å². The summed E-state index contributed by atoms with van der Waals surface area (Å²) in [6.45, 7) is 0. The van der Waals surface area contributed by atoms with Crippen LogP contribution in [0, 0.1) is 7.14 Å². The maximum Gasteiger partial charge on any atom is 0.295 e. The Balaban J connectivity index is 3.02. The molecular weight excluding hydrogens is 454 g/mol. The molecule has 0 aromatic heterocycles. The van der Waals surface area contributed by atoms with E-state index in [1.54, 1.807) is 12.1 Å². The van der Waals surface area contributed by atoms with E-state index < -0.39 is 10.1 Å². The molecule has 0 amide bonds. The van der Waals surface area contributed by atoms with Gasteiger partial charge in [0.05, 0.1) is 0 Å². The standard InChI is InChI=1S/C10H6I2O3S/c11-8-5-9(16(13,14)15)6-3-1-2-4-7(6)10(8)12/h1-5H,(H,13,14,15). The normalized spacial score (nSPS) is 11.9. The second-order valence-electron chi connectivity index (χ2n) is 3.19. The van der Waals surface area contributed by atoms with Crippen molar-refractivity contribution < 1.29 is 13.0 Å². The minimum Gasteiger partial charge on any atom is -0.282 e. The van der Waals surface area contributed by atoms with Crippen LogP contribution in [0.15, 0.2) is 35.2 Å². The van der Waals surface area contributed by atoms with Gasteiger partial charge in [-0.3, -0.25) is 4.55 Å². The highest BCUT2D eigenvalue weighted by Crippen LogP contribution is 2.30. The van der Waals surface area contributed by atoms with Crippen LogP contribution >= 0.6 is 45.2 Å². The summed E-state index contributed by atoms with van der Waals surface area (Å²) in [5.41, 5.74) is 0. The van der Waals surface area contributed by atoms with Gasteiger partial charge in [-0.05, 0) is 56.6 Å². The molecule has 3 nitrogen and oxygen atoms in total. The second-order valence-corrected chi connectivity index (χ2v) is 6.82. The second kappa shape index (κ2) is 4.39. The molecular formula is C10H6I2O3S. The zero-order chi connectivity index (χ0) is 11.9. The fraction of sp³-hybridized carbons (Fsp3) is 0. The number of hydrogen-bond donors (Lipinski definition) is 1. The van der Waals surface area contributed by atoms with E-state index in [2.05, 4.69) is 45.2 Å². The van der Waals surface area contributed by atoms with Crippen LogP contribution in [-0.2, 0) is 10.1 Å². The molecule has 0 atom stereocenters. The van der Waals surface area contributed by atoms with Crippen molar-refractivity contribution in [3.63, 3.8) is 0 Å². The average Bonchev–Trinajstić information content (AvgIpc) is 2.22. The van der Waals surface area contributed by atoms with Gasteiger partial charge in [0.2, 0.25) is 0 Å². The number of fused-ring (bicyclic) bond motifs is 1. The highest BCUT2D eigenvalue weighted by Gasteiger charge is 2.17. The number of halogens is 2. The molecule has 16 heavy (non-hydrogen) atoms. The summed E-state index contributed by atoms with van der Waals surface area (Å²) < 4.78 is 33.5. The lowest BCUT2D eigenvalue weighted by Gasteiger charge is -2.07. The lowest BCUT2D eigenvalue weighted by Crippen LogP contribution is -2.01. The van der Waals surface area contributed by atoms with Crippen LogP contribution in [0.5, 0.6) is 0 Å². The fourth-order valence-electron chi connectivity index (χ4n) is 1.49. The molecule has 2 rings (SSSR count). The minimum atomic E-state index is -4.18. The lowest BCUT2D eigenvalue weighted by molar-refractivity contribution is 0.484. The first-order valence-electron chi connectivity index (χ1n) is 4.25. The van der Waals surface area contributed by atoms with E-state index in [0.717, 1.165) is 12.5 Å². The number of rotatable bonds is 1. The molecule has 84 valence electrons. The fourth-order valence-corrected chi connectivity index (χ4v) is 3.65. The lowest BCUT2D eigenvalue weighted by atomic mass is 10.1. The van der Waals surface area contributed by atoms with E-state index in [1.807, 2.05) is 12.1 Å². The highest BCUT2D eigenvalue weighted by molar-refractivity contribution is 14.1. The third-order valence-electron chi connectivity index (χ3n) is 2.17. The van der Waals surface area contributed by atoms with Crippen molar-refractivity contribution in [2.24, 2.45) is 0 Å². The number of hydrogen-bond acceptors (Lipinski definition) is 2. The predicted molar refractivity (Wildman–Crippen MR) is 79.2 cm³/mol. The van der Waals surface area contributed by atoms with Gasteiger partial charge in [-0.15, -0.1) is 0 Å². The zero-order valence-electron chi connectivity index (χ0n) is 7.81. The molecule has 0 spiro atoms. The monoisotopic (exact) mass is 460 g/mol. The van der Waals surface area contributed by atoms with Gasteiger partial charge in [0, 0.05) is 12.5 Å². The first-order chi connectivity index (χ1) is 7.41. The van der Waals surface area contributed by atoms with Crippen LogP contribution in [0.25, 0.3) is 10.8 Å². The van der Waals surface area contributed by atoms with Crippen molar-refractivity contribution >= 4 is 66.1 Å². The summed E-state index contributed by atoms with van der Waals surface area (Å²) in [4.78, 5) is -0.0343. The van der Waals surface area contributed by atoms with Crippen molar-refractivity contribution in [3.05, 3.63) is 37.5 Å². The molecule has 2 aromatic carbocycles. The van der Waals surface area contributed by atoms with Crippen LogP contribution in [0.2, 0.25) is 0 Å². The Labute approximate surface area is 120 Å². The van der Waals surface area contributed by atoms with Gasteiger partial charge < -0.3 is 0 Å².